The fourth-order valence-corrected chi connectivity index (χ4v) is 9.28. The lowest BCUT2D eigenvalue weighted by molar-refractivity contribution is -0.0186. The highest BCUT2D eigenvalue weighted by molar-refractivity contribution is 7.91. The summed E-state index contributed by atoms with van der Waals surface area (Å²) in [5.41, 5.74) is 1.84. The molecular formula is C26H36O3S. The van der Waals surface area contributed by atoms with E-state index in [4.69, 9.17) is 0 Å². The van der Waals surface area contributed by atoms with Crippen molar-refractivity contribution in [3.05, 3.63) is 42.0 Å². The van der Waals surface area contributed by atoms with E-state index in [0.717, 1.165) is 43.4 Å². The molecule has 0 aromatic heterocycles. The minimum atomic E-state index is -3.19. The first-order valence-electron chi connectivity index (χ1n) is 12.0. The Morgan fingerprint density at radius 1 is 1.03 bits per heavy atom. The lowest BCUT2D eigenvalue weighted by Crippen LogP contribution is -2.46. The molecule has 4 aliphatic carbocycles. The van der Waals surface area contributed by atoms with Gasteiger partial charge in [-0.25, -0.2) is 8.42 Å². The van der Waals surface area contributed by atoms with E-state index in [1.807, 2.05) is 18.2 Å². The summed E-state index contributed by atoms with van der Waals surface area (Å²) in [5, 5.41) is 10.1. The summed E-state index contributed by atoms with van der Waals surface area (Å²) in [5.74, 6) is 3.81. The van der Waals surface area contributed by atoms with Crippen LogP contribution in [-0.4, -0.2) is 25.4 Å². The van der Waals surface area contributed by atoms with E-state index in [1.54, 1.807) is 17.7 Å². The summed E-state index contributed by atoms with van der Waals surface area (Å²) in [6, 6.07) is 8.96. The van der Waals surface area contributed by atoms with Gasteiger partial charge in [0.1, 0.15) is 0 Å². The molecule has 0 saturated heterocycles. The van der Waals surface area contributed by atoms with Crippen molar-refractivity contribution in [2.45, 2.75) is 75.7 Å². The van der Waals surface area contributed by atoms with Crippen LogP contribution in [0.4, 0.5) is 0 Å². The molecule has 1 N–H and O–H groups in total. The van der Waals surface area contributed by atoms with Gasteiger partial charge in [-0.15, -0.1) is 0 Å². The minimum Gasteiger partial charge on any atom is -0.393 e. The van der Waals surface area contributed by atoms with Crippen LogP contribution in [0.15, 0.2) is 46.9 Å². The third-order valence-electron chi connectivity index (χ3n) is 9.45. The van der Waals surface area contributed by atoms with E-state index >= 15 is 0 Å². The van der Waals surface area contributed by atoms with Crippen LogP contribution in [0.5, 0.6) is 0 Å². The van der Waals surface area contributed by atoms with E-state index < -0.39 is 9.84 Å². The van der Waals surface area contributed by atoms with Gasteiger partial charge < -0.3 is 5.11 Å². The number of benzene rings is 1. The van der Waals surface area contributed by atoms with Gasteiger partial charge in [0.25, 0.3) is 0 Å². The fourth-order valence-electron chi connectivity index (χ4n) is 7.88. The predicted octanol–water partition coefficient (Wildman–Crippen LogP) is 5.40. The van der Waals surface area contributed by atoms with E-state index in [0.29, 0.717) is 22.1 Å². The number of hydrogen-bond acceptors (Lipinski definition) is 3. The van der Waals surface area contributed by atoms with Crippen LogP contribution in [0.1, 0.15) is 64.7 Å². The summed E-state index contributed by atoms with van der Waals surface area (Å²) in [4.78, 5) is 0.470. The number of sulfone groups is 1. The second-order valence-corrected chi connectivity index (χ2v) is 12.8. The molecule has 30 heavy (non-hydrogen) atoms. The van der Waals surface area contributed by atoms with Crippen LogP contribution in [-0.2, 0) is 9.84 Å². The maximum atomic E-state index is 12.8. The first-order valence-corrected chi connectivity index (χ1v) is 13.7. The van der Waals surface area contributed by atoms with Gasteiger partial charge in [-0.3, -0.25) is 0 Å². The van der Waals surface area contributed by atoms with Gasteiger partial charge in [0.15, 0.2) is 9.84 Å². The number of aliphatic hydroxyl groups is 1. The molecule has 0 bridgehead atoms. The highest BCUT2D eigenvalue weighted by atomic mass is 32.2. The van der Waals surface area contributed by atoms with Crippen LogP contribution in [0.25, 0.3) is 0 Å². The van der Waals surface area contributed by atoms with Crippen LogP contribution < -0.4 is 0 Å². The first-order chi connectivity index (χ1) is 14.4. The number of fused-ring (bicyclic) bond motifs is 5. The van der Waals surface area contributed by atoms with Crippen molar-refractivity contribution in [1.82, 2.24) is 0 Å². The molecule has 3 nitrogen and oxygen atoms in total. The second-order valence-electron chi connectivity index (χ2n) is 10.7. The number of allylic oxidation sites excluding steroid dienone is 1. The molecule has 164 valence electrons. The molecule has 0 spiro atoms. The molecule has 6 unspecified atom stereocenters. The average Bonchev–Trinajstić information content (AvgIpc) is 3.09. The Morgan fingerprint density at radius 3 is 2.63 bits per heavy atom. The molecule has 4 heteroatoms. The van der Waals surface area contributed by atoms with Crippen molar-refractivity contribution in [3.63, 3.8) is 0 Å². The summed E-state index contributed by atoms with van der Waals surface area (Å²) < 4.78 is 25.7. The van der Waals surface area contributed by atoms with Crippen LogP contribution in [0.2, 0.25) is 0 Å². The fraction of sp³-hybridized carbons (Fsp3) is 0.692. The molecule has 0 aliphatic heterocycles. The molecule has 7 atom stereocenters. The monoisotopic (exact) mass is 428 g/mol. The smallest absolute Gasteiger partial charge is 0.178 e. The highest BCUT2D eigenvalue weighted by Crippen LogP contribution is 2.63. The molecule has 0 radical (unpaired) electrons. The number of aliphatic hydroxyl groups excluding tert-OH is 1. The second kappa shape index (κ2) is 7.78. The largest absolute Gasteiger partial charge is 0.393 e. The molecule has 5 rings (SSSR count). The zero-order valence-corrected chi connectivity index (χ0v) is 19.0. The standard InChI is InChI=1S/C26H36O3S/c1-26-15-13-23-22-11-9-20(27)17-18(22)7-10-24(23)25(26)12-8-19(26)14-16-30(28,29)21-5-3-2-4-6-21/h2-7,19-20,22-25,27H,8-17H2,1H3/t19?,20?,22-,23?,24?,25?,26?/m0/s1. The van der Waals surface area contributed by atoms with E-state index in [-0.39, 0.29) is 11.9 Å². The Hall–Kier alpha value is -1.13. The Kier molecular flexibility index (Phi) is 5.38. The average molecular weight is 429 g/mol. The molecule has 3 saturated carbocycles. The molecular weight excluding hydrogens is 392 g/mol. The normalized spacial score (nSPS) is 40.8. The third-order valence-corrected chi connectivity index (χ3v) is 11.2. The van der Waals surface area contributed by atoms with Gasteiger partial charge in [0.2, 0.25) is 0 Å². The Morgan fingerprint density at radius 2 is 1.83 bits per heavy atom. The zero-order chi connectivity index (χ0) is 20.9. The van der Waals surface area contributed by atoms with E-state index in [1.165, 1.54) is 32.1 Å². The summed E-state index contributed by atoms with van der Waals surface area (Å²) in [7, 11) is -3.19. The van der Waals surface area contributed by atoms with E-state index in [9.17, 15) is 13.5 Å². The number of rotatable bonds is 4. The van der Waals surface area contributed by atoms with Crippen molar-refractivity contribution in [2.24, 2.45) is 35.0 Å². The van der Waals surface area contributed by atoms with Crippen molar-refractivity contribution in [3.8, 4) is 0 Å². The lowest BCUT2D eigenvalue weighted by atomic mass is 9.51. The van der Waals surface area contributed by atoms with Gasteiger partial charge in [-0.1, -0.05) is 36.8 Å². The topological polar surface area (TPSA) is 54.4 Å². The SMILES string of the molecule is CC12CCC3C(CC=C4CC(O)CC[C@@H]43)C1CCC2CCS(=O)(=O)c1ccccc1. The Balaban J connectivity index is 1.30. The summed E-state index contributed by atoms with van der Waals surface area (Å²) in [6.45, 7) is 2.48. The molecule has 4 aliphatic rings. The zero-order valence-electron chi connectivity index (χ0n) is 18.2. The molecule has 0 amide bonds. The van der Waals surface area contributed by atoms with Crippen molar-refractivity contribution < 1.29 is 13.5 Å². The lowest BCUT2D eigenvalue weighted by Gasteiger charge is -2.53. The maximum absolute atomic E-state index is 12.8. The van der Waals surface area contributed by atoms with Gasteiger partial charge in [0.05, 0.1) is 16.8 Å². The Labute approximate surface area is 181 Å². The summed E-state index contributed by atoms with van der Waals surface area (Å²) in [6.07, 6.45) is 12.4. The van der Waals surface area contributed by atoms with Crippen LogP contribution in [0, 0.1) is 35.0 Å². The Bertz CT molecular complexity index is 905. The van der Waals surface area contributed by atoms with Crippen LogP contribution >= 0.6 is 0 Å². The van der Waals surface area contributed by atoms with Gasteiger partial charge in [0, 0.05) is 0 Å². The maximum Gasteiger partial charge on any atom is 0.178 e. The van der Waals surface area contributed by atoms with Crippen molar-refractivity contribution >= 4 is 9.84 Å². The van der Waals surface area contributed by atoms with Gasteiger partial charge >= 0.3 is 0 Å². The predicted molar refractivity (Wildman–Crippen MR) is 120 cm³/mol. The van der Waals surface area contributed by atoms with Crippen LogP contribution in [0.3, 0.4) is 0 Å². The van der Waals surface area contributed by atoms with Crippen molar-refractivity contribution in [2.75, 3.05) is 5.75 Å². The molecule has 1 aromatic carbocycles. The number of hydrogen-bond donors (Lipinski definition) is 1. The molecule has 3 fully saturated rings. The highest BCUT2D eigenvalue weighted by Gasteiger charge is 2.55. The van der Waals surface area contributed by atoms with Gasteiger partial charge in [-0.05, 0) is 105 Å². The molecule has 1 aromatic rings. The van der Waals surface area contributed by atoms with Crippen molar-refractivity contribution in [1.29, 1.82) is 0 Å². The minimum absolute atomic E-state index is 0.125. The third kappa shape index (κ3) is 3.48. The van der Waals surface area contributed by atoms with E-state index in [2.05, 4.69) is 13.0 Å². The molecule has 0 heterocycles. The van der Waals surface area contributed by atoms with Gasteiger partial charge in [-0.2, -0.15) is 0 Å². The summed E-state index contributed by atoms with van der Waals surface area (Å²) >= 11 is 0. The first kappa shape index (κ1) is 20.8. The quantitative estimate of drug-likeness (QED) is 0.653.